The Morgan fingerprint density at radius 2 is 1.74 bits per heavy atom. The van der Waals surface area contributed by atoms with E-state index in [0.29, 0.717) is 11.8 Å². The van der Waals surface area contributed by atoms with Crippen LogP contribution in [-0.2, 0) is 11.8 Å². The maximum Gasteiger partial charge on any atom is 0.224 e. The molecule has 1 aromatic carbocycles. The second-order valence-electron chi connectivity index (χ2n) is 8.85. The number of amides is 1. The highest BCUT2D eigenvalue weighted by atomic mass is 19.1. The molecule has 4 bridgehead atoms. The Bertz CT molecular complexity index is 815. The summed E-state index contributed by atoms with van der Waals surface area (Å²) in [7, 11) is 1.92. The standard InChI is InChI=1S/C22H26FN3O/c1-26-7-6-24-21(26)20(15-2-4-18(23)5-3-15)25-22(27)19-16-9-13-8-14(11-16)12-17(19)10-13/h2-7,13-14,16-17,19-20H,8-12H2,1H3,(H,25,27). The summed E-state index contributed by atoms with van der Waals surface area (Å²) in [5.74, 6) is 3.55. The first-order valence-corrected chi connectivity index (χ1v) is 10.1. The number of imidazole rings is 1. The number of aromatic nitrogens is 2. The van der Waals surface area contributed by atoms with E-state index in [-0.39, 0.29) is 23.7 Å². The van der Waals surface area contributed by atoms with Crippen molar-refractivity contribution >= 4 is 5.91 Å². The maximum atomic E-state index is 13.4. The second kappa shape index (κ2) is 6.47. The van der Waals surface area contributed by atoms with Crippen LogP contribution in [0.3, 0.4) is 0 Å². The molecule has 4 saturated carbocycles. The predicted octanol–water partition coefficient (Wildman–Crippen LogP) is 3.84. The lowest BCUT2D eigenvalue weighted by atomic mass is 9.51. The summed E-state index contributed by atoms with van der Waals surface area (Å²) >= 11 is 0. The van der Waals surface area contributed by atoms with Gasteiger partial charge < -0.3 is 9.88 Å². The highest BCUT2D eigenvalue weighted by Crippen LogP contribution is 2.56. The topological polar surface area (TPSA) is 46.9 Å². The van der Waals surface area contributed by atoms with Gasteiger partial charge in [0.05, 0.1) is 0 Å². The normalized spacial score (nSPS) is 32.4. The van der Waals surface area contributed by atoms with E-state index in [1.165, 1.54) is 44.2 Å². The summed E-state index contributed by atoms with van der Waals surface area (Å²) < 4.78 is 15.3. The van der Waals surface area contributed by atoms with Crippen LogP contribution in [0.15, 0.2) is 36.7 Å². The van der Waals surface area contributed by atoms with Crippen LogP contribution in [0.4, 0.5) is 4.39 Å². The van der Waals surface area contributed by atoms with Crippen LogP contribution < -0.4 is 5.32 Å². The molecular weight excluding hydrogens is 341 g/mol. The Morgan fingerprint density at radius 3 is 2.30 bits per heavy atom. The van der Waals surface area contributed by atoms with Gasteiger partial charge in [0.25, 0.3) is 0 Å². The lowest BCUT2D eigenvalue weighted by molar-refractivity contribution is -0.138. The van der Waals surface area contributed by atoms with Crippen molar-refractivity contribution < 1.29 is 9.18 Å². The fourth-order valence-corrected chi connectivity index (χ4v) is 6.20. The molecule has 1 amide bonds. The Hall–Kier alpha value is -2.17. The van der Waals surface area contributed by atoms with E-state index in [0.717, 1.165) is 23.2 Å². The van der Waals surface area contributed by atoms with Crippen LogP contribution in [0.2, 0.25) is 0 Å². The molecule has 5 heteroatoms. The molecule has 1 heterocycles. The average molecular weight is 367 g/mol. The number of rotatable bonds is 4. The van der Waals surface area contributed by atoms with Crippen molar-refractivity contribution in [2.45, 2.75) is 38.1 Å². The number of benzene rings is 1. The van der Waals surface area contributed by atoms with E-state index in [9.17, 15) is 9.18 Å². The van der Waals surface area contributed by atoms with Crippen LogP contribution in [0, 0.1) is 35.4 Å². The maximum absolute atomic E-state index is 13.4. The molecule has 1 N–H and O–H groups in total. The lowest BCUT2D eigenvalue weighted by Gasteiger charge is -2.53. The summed E-state index contributed by atoms with van der Waals surface area (Å²) in [5, 5.41) is 3.28. The van der Waals surface area contributed by atoms with Gasteiger partial charge in [-0.1, -0.05) is 12.1 Å². The van der Waals surface area contributed by atoms with Gasteiger partial charge in [0.15, 0.2) is 0 Å². The fraction of sp³-hybridized carbons (Fsp3) is 0.545. The third-order valence-corrected chi connectivity index (χ3v) is 7.14. The lowest BCUT2D eigenvalue weighted by Crippen LogP contribution is -2.51. The minimum atomic E-state index is -0.352. The van der Waals surface area contributed by atoms with Gasteiger partial charge in [0.2, 0.25) is 5.91 Å². The molecular formula is C22H26FN3O. The quantitative estimate of drug-likeness (QED) is 0.893. The van der Waals surface area contributed by atoms with Crippen molar-refractivity contribution in [3.8, 4) is 0 Å². The molecule has 4 fully saturated rings. The van der Waals surface area contributed by atoms with Crippen LogP contribution >= 0.6 is 0 Å². The molecule has 142 valence electrons. The van der Waals surface area contributed by atoms with E-state index < -0.39 is 0 Å². The molecule has 4 nitrogen and oxygen atoms in total. The monoisotopic (exact) mass is 367 g/mol. The highest BCUT2D eigenvalue weighted by Gasteiger charge is 2.51. The molecule has 0 radical (unpaired) electrons. The van der Waals surface area contributed by atoms with Crippen LogP contribution in [0.5, 0.6) is 0 Å². The number of nitrogens with zero attached hydrogens (tertiary/aromatic N) is 2. The molecule has 4 aliphatic rings. The summed E-state index contributed by atoms with van der Waals surface area (Å²) in [6.07, 6.45) is 9.86. The van der Waals surface area contributed by atoms with Gasteiger partial charge in [-0.3, -0.25) is 4.79 Å². The molecule has 0 saturated heterocycles. The number of carbonyl (C=O) groups excluding carboxylic acids is 1. The number of nitrogens with one attached hydrogen (secondary N) is 1. The van der Waals surface area contributed by atoms with Crippen molar-refractivity contribution in [2.75, 3.05) is 0 Å². The molecule has 1 unspecified atom stereocenters. The van der Waals surface area contributed by atoms with Gasteiger partial charge >= 0.3 is 0 Å². The molecule has 1 aromatic heterocycles. The summed E-state index contributed by atoms with van der Waals surface area (Å²) in [4.78, 5) is 17.8. The molecule has 0 aliphatic heterocycles. The van der Waals surface area contributed by atoms with E-state index in [1.807, 2.05) is 17.8 Å². The van der Waals surface area contributed by atoms with Gasteiger partial charge in [-0.2, -0.15) is 0 Å². The Balaban J connectivity index is 1.42. The van der Waals surface area contributed by atoms with Gasteiger partial charge in [0.1, 0.15) is 17.7 Å². The average Bonchev–Trinajstić information content (AvgIpc) is 3.05. The first-order chi connectivity index (χ1) is 13.1. The second-order valence-corrected chi connectivity index (χ2v) is 8.85. The van der Waals surface area contributed by atoms with E-state index in [1.54, 1.807) is 18.3 Å². The molecule has 1 atom stereocenters. The van der Waals surface area contributed by atoms with Crippen molar-refractivity contribution in [3.63, 3.8) is 0 Å². The minimum Gasteiger partial charge on any atom is -0.342 e. The molecule has 2 aromatic rings. The predicted molar refractivity (Wildman–Crippen MR) is 100 cm³/mol. The van der Waals surface area contributed by atoms with E-state index in [4.69, 9.17) is 0 Å². The van der Waals surface area contributed by atoms with Crippen molar-refractivity contribution in [1.82, 2.24) is 14.9 Å². The third kappa shape index (κ3) is 2.97. The highest BCUT2D eigenvalue weighted by molar-refractivity contribution is 5.80. The first-order valence-electron chi connectivity index (χ1n) is 10.1. The Kier molecular flexibility index (Phi) is 4.06. The van der Waals surface area contributed by atoms with Crippen molar-refractivity contribution in [1.29, 1.82) is 0 Å². The number of hydrogen-bond acceptors (Lipinski definition) is 2. The number of hydrogen-bond donors (Lipinski definition) is 1. The van der Waals surface area contributed by atoms with Gasteiger partial charge in [-0.25, -0.2) is 9.37 Å². The zero-order valence-electron chi connectivity index (χ0n) is 15.6. The smallest absolute Gasteiger partial charge is 0.224 e. The SMILES string of the molecule is Cn1ccnc1C(NC(=O)C1C2CC3CC(C2)CC1C3)c1ccc(F)cc1. The fourth-order valence-electron chi connectivity index (χ4n) is 6.20. The van der Waals surface area contributed by atoms with E-state index >= 15 is 0 Å². The molecule has 0 spiro atoms. The first kappa shape index (κ1) is 17.0. The minimum absolute atomic E-state index is 0.126. The summed E-state index contributed by atoms with van der Waals surface area (Å²) in [6, 6.07) is 6.02. The summed E-state index contributed by atoms with van der Waals surface area (Å²) in [5.41, 5.74) is 0.864. The van der Waals surface area contributed by atoms with Crippen LogP contribution in [0.1, 0.15) is 49.5 Å². The number of halogens is 1. The summed E-state index contributed by atoms with van der Waals surface area (Å²) in [6.45, 7) is 0. The van der Waals surface area contributed by atoms with Crippen molar-refractivity contribution in [2.24, 2.45) is 36.6 Å². The van der Waals surface area contributed by atoms with E-state index in [2.05, 4.69) is 10.3 Å². The number of aryl methyl sites for hydroxylation is 1. The van der Waals surface area contributed by atoms with Crippen LogP contribution in [-0.4, -0.2) is 15.5 Å². The van der Waals surface area contributed by atoms with Crippen molar-refractivity contribution in [3.05, 3.63) is 53.9 Å². The molecule has 4 aliphatic carbocycles. The Morgan fingerprint density at radius 1 is 1.11 bits per heavy atom. The van der Waals surface area contributed by atoms with Crippen LogP contribution in [0.25, 0.3) is 0 Å². The van der Waals surface area contributed by atoms with Gasteiger partial charge in [-0.15, -0.1) is 0 Å². The van der Waals surface area contributed by atoms with Gasteiger partial charge in [-0.05, 0) is 73.5 Å². The molecule has 6 rings (SSSR count). The zero-order valence-corrected chi connectivity index (χ0v) is 15.6. The largest absolute Gasteiger partial charge is 0.342 e. The number of carbonyl (C=O) groups is 1. The third-order valence-electron chi connectivity index (χ3n) is 7.14. The molecule has 27 heavy (non-hydrogen) atoms. The zero-order chi connectivity index (χ0) is 18.5. The Labute approximate surface area is 159 Å². The van der Waals surface area contributed by atoms with Gasteiger partial charge in [0, 0.05) is 25.4 Å².